The lowest BCUT2D eigenvalue weighted by Gasteiger charge is -2.17. The van der Waals surface area contributed by atoms with E-state index in [1.165, 1.54) is 22.5 Å². The summed E-state index contributed by atoms with van der Waals surface area (Å²) < 4.78 is 3.34. The van der Waals surface area contributed by atoms with Gasteiger partial charge in [-0.15, -0.1) is 0 Å². The molecule has 3 heterocycles. The second-order valence-electron chi connectivity index (χ2n) is 6.50. The van der Waals surface area contributed by atoms with Gasteiger partial charge in [-0.3, -0.25) is 0 Å². The van der Waals surface area contributed by atoms with Crippen LogP contribution >= 0.6 is 27.3 Å². The first kappa shape index (κ1) is 14.8. The Morgan fingerprint density at radius 1 is 1.33 bits per heavy atom. The largest absolute Gasteiger partial charge is 0.302 e. The van der Waals surface area contributed by atoms with E-state index in [0.717, 1.165) is 16.5 Å². The van der Waals surface area contributed by atoms with Gasteiger partial charge in [-0.25, -0.2) is 4.98 Å². The highest BCUT2D eigenvalue weighted by Crippen LogP contribution is 2.30. The second kappa shape index (κ2) is 5.25. The summed E-state index contributed by atoms with van der Waals surface area (Å²) in [5, 5.41) is 4.35. The first-order valence-electron chi connectivity index (χ1n) is 7.05. The minimum atomic E-state index is 0.0380. The first-order valence-corrected chi connectivity index (χ1v) is 8.78. The molecule has 3 aromatic heterocycles. The van der Waals surface area contributed by atoms with Crippen LogP contribution in [0.5, 0.6) is 0 Å². The maximum Gasteiger partial charge on any atom is 0.140 e. The molecule has 4 heteroatoms. The van der Waals surface area contributed by atoms with Gasteiger partial charge in [-0.2, -0.15) is 11.3 Å². The lowest BCUT2D eigenvalue weighted by molar-refractivity contribution is 0.566. The Bertz CT molecular complexity index is 779. The molecular weight excluding hydrogens is 344 g/mol. The first-order chi connectivity index (χ1) is 9.86. The van der Waals surface area contributed by atoms with E-state index < -0.39 is 0 Å². The van der Waals surface area contributed by atoms with E-state index in [1.54, 1.807) is 11.3 Å². The van der Waals surface area contributed by atoms with Gasteiger partial charge in [-0.05, 0) is 56.9 Å². The highest BCUT2D eigenvalue weighted by molar-refractivity contribution is 9.10. The van der Waals surface area contributed by atoms with Gasteiger partial charge in [0.15, 0.2) is 0 Å². The number of hydrogen-bond acceptors (Lipinski definition) is 2. The molecule has 110 valence electrons. The summed E-state index contributed by atoms with van der Waals surface area (Å²) in [7, 11) is 0. The maximum absolute atomic E-state index is 4.95. The summed E-state index contributed by atoms with van der Waals surface area (Å²) in [5.41, 5.74) is 6.14. The number of hydrogen-bond donors (Lipinski definition) is 0. The Kier molecular flexibility index (Phi) is 3.70. The number of halogens is 1. The van der Waals surface area contributed by atoms with Crippen LogP contribution in [-0.4, -0.2) is 9.38 Å². The summed E-state index contributed by atoms with van der Waals surface area (Å²) in [6.07, 6.45) is 3.05. The number of aromatic nitrogens is 2. The van der Waals surface area contributed by atoms with Gasteiger partial charge in [0.2, 0.25) is 0 Å². The standard InChI is InChI=1S/C17H19BrN2S/c1-11-7-13(18)9-20-14(8-12-5-6-21-10-12)15(17(2,3)4)19-16(11)20/h5-7,9-10H,8H2,1-4H3. The number of pyridine rings is 1. The third-order valence-electron chi connectivity index (χ3n) is 3.63. The lowest BCUT2D eigenvalue weighted by atomic mass is 9.89. The van der Waals surface area contributed by atoms with Gasteiger partial charge in [0.05, 0.1) is 11.4 Å². The molecule has 0 aliphatic carbocycles. The van der Waals surface area contributed by atoms with Crippen molar-refractivity contribution < 1.29 is 0 Å². The van der Waals surface area contributed by atoms with Crippen LogP contribution in [0, 0.1) is 6.92 Å². The predicted molar refractivity (Wildman–Crippen MR) is 93.5 cm³/mol. The quantitative estimate of drug-likeness (QED) is 0.600. The van der Waals surface area contributed by atoms with Gasteiger partial charge in [0, 0.05) is 22.5 Å². The van der Waals surface area contributed by atoms with Gasteiger partial charge in [-0.1, -0.05) is 20.8 Å². The van der Waals surface area contributed by atoms with Crippen molar-refractivity contribution >= 4 is 32.9 Å². The Morgan fingerprint density at radius 2 is 2.10 bits per heavy atom. The van der Waals surface area contributed by atoms with E-state index in [9.17, 15) is 0 Å². The normalized spacial score (nSPS) is 12.2. The molecule has 0 saturated heterocycles. The molecule has 0 spiro atoms. The number of thiophene rings is 1. The molecule has 0 amide bonds. The molecule has 21 heavy (non-hydrogen) atoms. The van der Waals surface area contributed by atoms with Crippen LogP contribution in [0.15, 0.2) is 33.6 Å². The predicted octanol–water partition coefficient (Wildman–Crippen LogP) is 5.36. The molecule has 2 nitrogen and oxygen atoms in total. The van der Waals surface area contributed by atoms with Gasteiger partial charge in [0.25, 0.3) is 0 Å². The van der Waals surface area contributed by atoms with Crippen LogP contribution in [0.4, 0.5) is 0 Å². The van der Waals surface area contributed by atoms with E-state index in [-0.39, 0.29) is 5.41 Å². The van der Waals surface area contributed by atoms with E-state index in [2.05, 4.69) is 77.1 Å². The lowest BCUT2D eigenvalue weighted by Crippen LogP contribution is -2.15. The molecule has 0 aliphatic rings. The Hall–Kier alpha value is -1.13. The molecule has 0 aliphatic heterocycles. The summed E-state index contributed by atoms with van der Waals surface area (Å²) in [4.78, 5) is 4.95. The van der Waals surface area contributed by atoms with Gasteiger partial charge >= 0.3 is 0 Å². The zero-order valence-electron chi connectivity index (χ0n) is 12.8. The number of aryl methyl sites for hydroxylation is 1. The Labute approximate surface area is 138 Å². The minimum Gasteiger partial charge on any atom is -0.302 e. The monoisotopic (exact) mass is 362 g/mol. The van der Waals surface area contributed by atoms with Crippen molar-refractivity contribution in [3.8, 4) is 0 Å². The molecule has 3 aromatic rings. The van der Waals surface area contributed by atoms with Crippen molar-refractivity contribution in [1.29, 1.82) is 0 Å². The molecule has 0 atom stereocenters. The van der Waals surface area contributed by atoms with E-state index in [1.807, 2.05) is 0 Å². The van der Waals surface area contributed by atoms with Crippen molar-refractivity contribution in [2.45, 2.75) is 39.5 Å². The molecule has 0 radical (unpaired) electrons. The number of nitrogens with zero attached hydrogens (tertiary/aromatic N) is 2. The average Bonchev–Trinajstić information content (AvgIpc) is 2.97. The number of rotatable bonds is 2. The third kappa shape index (κ3) is 2.79. The van der Waals surface area contributed by atoms with Crippen LogP contribution < -0.4 is 0 Å². The fourth-order valence-electron chi connectivity index (χ4n) is 2.67. The topological polar surface area (TPSA) is 17.3 Å². The number of imidazole rings is 1. The molecule has 0 N–H and O–H groups in total. The van der Waals surface area contributed by atoms with Crippen LogP contribution in [0.25, 0.3) is 5.65 Å². The number of fused-ring (bicyclic) bond motifs is 1. The SMILES string of the molecule is Cc1cc(Br)cn2c(Cc3ccsc3)c(C(C)(C)C)nc12. The zero-order valence-corrected chi connectivity index (χ0v) is 15.2. The van der Waals surface area contributed by atoms with Gasteiger partial charge < -0.3 is 4.40 Å². The molecule has 0 aromatic carbocycles. The van der Waals surface area contributed by atoms with E-state index >= 15 is 0 Å². The van der Waals surface area contributed by atoms with Crippen LogP contribution in [0.3, 0.4) is 0 Å². The fourth-order valence-corrected chi connectivity index (χ4v) is 3.89. The van der Waals surface area contributed by atoms with Gasteiger partial charge in [0.1, 0.15) is 5.65 Å². The van der Waals surface area contributed by atoms with E-state index in [4.69, 9.17) is 4.98 Å². The average molecular weight is 363 g/mol. The highest BCUT2D eigenvalue weighted by atomic mass is 79.9. The van der Waals surface area contributed by atoms with E-state index in [0.29, 0.717) is 0 Å². The molecule has 0 unspecified atom stereocenters. The summed E-state index contributed by atoms with van der Waals surface area (Å²) in [6, 6.07) is 4.32. The molecule has 0 saturated carbocycles. The maximum atomic E-state index is 4.95. The van der Waals surface area contributed by atoms with Crippen molar-refractivity contribution in [2.75, 3.05) is 0 Å². The summed E-state index contributed by atoms with van der Waals surface area (Å²) in [5.74, 6) is 0. The minimum absolute atomic E-state index is 0.0380. The fraction of sp³-hybridized carbons (Fsp3) is 0.353. The van der Waals surface area contributed by atoms with Crippen molar-refractivity contribution in [3.63, 3.8) is 0 Å². The van der Waals surface area contributed by atoms with Crippen molar-refractivity contribution in [2.24, 2.45) is 0 Å². The molecule has 0 fully saturated rings. The second-order valence-corrected chi connectivity index (χ2v) is 8.20. The van der Waals surface area contributed by atoms with Crippen molar-refractivity contribution in [3.05, 3.63) is 56.1 Å². The summed E-state index contributed by atoms with van der Waals surface area (Å²) >= 11 is 5.36. The molecule has 3 rings (SSSR count). The van der Waals surface area contributed by atoms with Crippen LogP contribution in [0.1, 0.15) is 43.3 Å². The molecule has 0 bridgehead atoms. The Morgan fingerprint density at radius 3 is 2.71 bits per heavy atom. The molecular formula is C17H19BrN2S. The summed E-state index contributed by atoms with van der Waals surface area (Å²) in [6.45, 7) is 8.82. The zero-order chi connectivity index (χ0) is 15.2. The van der Waals surface area contributed by atoms with Crippen LogP contribution in [-0.2, 0) is 11.8 Å². The van der Waals surface area contributed by atoms with Crippen LogP contribution in [0.2, 0.25) is 0 Å². The van der Waals surface area contributed by atoms with Crippen molar-refractivity contribution in [1.82, 2.24) is 9.38 Å². The Balaban J connectivity index is 2.27. The third-order valence-corrected chi connectivity index (χ3v) is 4.80. The highest BCUT2D eigenvalue weighted by Gasteiger charge is 2.24. The smallest absolute Gasteiger partial charge is 0.140 e.